The summed E-state index contributed by atoms with van der Waals surface area (Å²) in [7, 11) is 3.98. The Morgan fingerprint density at radius 3 is 2.32 bits per heavy atom. The van der Waals surface area contributed by atoms with Crippen LogP contribution >= 0.6 is 0 Å². The summed E-state index contributed by atoms with van der Waals surface area (Å²) in [6.07, 6.45) is 7.64. The van der Waals surface area contributed by atoms with E-state index in [9.17, 15) is 9.59 Å². The molecule has 0 N–H and O–H groups in total. The molecule has 0 spiro atoms. The number of nitrogens with zero attached hydrogens (tertiary/aromatic N) is 2. The number of carbonyl (C=O) groups is 2. The Balaban J connectivity index is 1.44. The Morgan fingerprint density at radius 1 is 0.921 bits per heavy atom. The van der Waals surface area contributed by atoms with Gasteiger partial charge in [-0.3, -0.25) is 9.59 Å². The summed E-state index contributed by atoms with van der Waals surface area (Å²) < 4.78 is 15.5. The topological polar surface area (TPSA) is 40.6 Å². The first kappa shape index (κ1) is 25.9. The van der Waals surface area contributed by atoms with Crippen molar-refractivity contribution in [1.29, 1.82) is 0 Å². The molecule has 2 bridgehead atoms. The van der Waals surface area contributed by atoms with Crippen molar-refractivity contribution in [2.75, 3.05) is 23.9 Å². The third-order valence-corrected chi connectivity index (χ3v) is 8.11. The van der Waals surface area contributed by atoms with E-state index >= 15 is 4.39 Å². The van der Waals surface area contributed by atoms with Crippen LogP contribution in [-0.2, 0) is 16.1 Å². The van der Waals surface area contributed by atoms with Gasteiger partial charge in [0.2, 0.25) is 5.91 Å². The molecule has 5 heteroatoms. The van der Waals surface area contributed by atoms with Crippen molar-refractivity contribution in [2.24, 2.45) is 17.8 Å². The minimum Gasteiger partial charge on any atom is -0.378 e. The smallest absolute Gasteiger partial charge is 0.230 e. The lowest BCUT2D eigenvalue weighted by atomic mass is 9.87. The maximum absolute atomic E-state index is 15.5. The number of benzene rings is 3. The number of fused-ring (bicyclic) bond motifs is 2. The maximum Gasteiger partial charge on any atom is 0.230 e. The van der Waals surface area contributed by atoms with Gasteiger partial charge in [0.05, 0.1) is 6.54 Å². The zero-order chi connectivity index (χ0) is 26.8. The van der Waals surface area contributed by atoms with Crippen molar-refractivity contribution in [3.8, 4) is 11.1 Å². The number of halogens is 1. The summed E-state index contributed by atoms with van der Waals surface area (Å²) in [5.41, 5.74) is 4.88. The van der Waals surface area contributed by atoms with Crippen LogP contribution in [-0.4, -0.2) is 25.8 Å². The summed E-state index contributed by atoms with van der Waals surface area (Å²) >= 11 is 0. The highest BCUT2D eigenvalue weighted by Gasteiger charge is 2.44. The molecule has 5 rings (SSSR count). The third-order valence-electron chi connectivity index (χ3n) is 8.11. The first-order valence-electron chi connectivity index (χ1n) is 13.4. The molecule has 3 atom stereocenters. The molecular formula is C33H35FN2O2. The molecule has 2 aliphatic carbocycles. The number of rotatable bonds is 8. The number of ketones is 1. The Morgan fingerprint density at radius 2 is 1.68 bits per heavy atom. The van der Waals surface area contributed by atoms with Gasteiger partial charge < -0.3 is 9.80 Å². The predicted molar refractivity (Wildman–Crippen MR) is 152 cm³/mol. The number of anilines is 2. The second-order valence-electron chi connectivity index (χ2n) is 11.0. The Hall–Kier alpha value is -3.73. The van der Waals surface area contributed by atoms with E-state index in [1.54, 1.807) is 23.1 Å². The standard InChI is InChI=1S/C33H35FN2O2/c1-22(37)7-8-23-5-4-6-30(18-23)36(33(38)31-19-24-9-10-27(31)17-24)21-28-12-11-26(20-32(28)34)25-13-15-29(16-14-25)35(2)3/h4-8,11-16,18,20,24,27,31H,9-10,17,19,21H2,1-3H3/b8-7+/t24-,27+,31?/m0/s1. The zero-order valence-electron chi connectivity index (χ0n) is 22.4. The summed E-state index contributed by atoms with van der Waals surface area (Å²) in [4.78, 5) is 29.2. The lowest BCUT2D eigenvalue weighted by Crippen LogP contribution is -2.38. The molecule has 196 valence electrons. The lowest BCUT2D eigenvalue weighted by molar-refractivity contribution is -0.124. The fraction of sp³-hybridized carbons (Fsp3) is 0.333. The van der Waals surface area contributed by atoms with E-state index in [4.69, 9.17) is 0 Å². The van der Waals surface area contributed by atoms with E-state index in [1.165, 1.54) is 19.4 Å². The summed E-state index contributed by atoms with van der Waals surface area (Å²) in [6.45, 7) is 1.67. The van der Waals surface area contributed by atoms with Crippen LogP contribution < -0.4 is 9.80 Å². The molecular weight excluding hydrogens is 475 g/mol. The molecule has 2 aliphatic rings. The SMILES string of the molecule is CC(=O)/C=C/c1cccc(N(Cc2ccc(-c3ccc(N(C)C)cc3)cc2F)C(=O)C2C[C@H]3CC[C@@H]2C3)c1. The van der Waals surface area contributed by atoms with Gasteiger partial charge in [0, 0.05) is 37.0 Å². The summed E-state index contributed by atoms with van der Waals surface area (Å²) in [5.74, 6) is 0.764. The molecule has 0 saturated heterocycles. The van der Waals surface area contributed by atoms with E-state index in [1.807, 2.05) is 73.6 Å². The molecule has 4 nitrogen and oxygen atoms in total. The first-order valence-corrected chi connectivity index (χ1v) is 13.4. The minimum absolute atomic E-state index is 0.0114. The monoisotopic (exact) mass is 510 g/mol. The van der Waals surface area contributed by atoms with Gasteiger partial charge in [-0.15, -0.1) is 0 Å². The average Bonchev–Trinajstić information content (AvgIpc) is 3.55. The van der Waals surface area contributed by atoms with E-state index < -0.39 is 0 Å². The number of carbonyl (C=O) groups excluding carboxylic acids is 2. The van der Waals surface area contributed by atoms with Gasteiger partial charge in [0.25, 0.3) is 0 Å². The number of hydrogen-bond acceptors (Lipinski definition) is 3. The van der Waals surface area contributed by atoms with E-state index in [0.29, 0.717) is 17.4 Å². The Labute approximate surface area is 224 Å². The summed E-state index contributed by atoms with van der Waals surface area (Å²) in [5, 5.41) is 0. The van der Waals surface area contributed by atoms with Crippen LogP contribution in [0.15, 0.2) is 72.8 Å². The van der Waals surface area contributed by atoms with Crippen LogP contribution in [0.4, 0.5) is 15.8 Å². The van der Waals surface area contributed by atoms with E-state index in [-0.39, 0.29) is 30.0 Å². The van der Waals surface area contributed by atoms with Crippen molar-refractivity contribution >= 4 is 29.1 Å². The van der Waals surface area contributed by atoms with Gasteiger partial charge >= 0.3 is 0 Å². The highest BCUT2D eigenvalue weighted by atomic mass is 19.1. The molecule has 0 heterocycles. The number of allylic oxidation sites excluding steroid dienone is 1. The quantitative estimate of drug-likeness (QED) is 0.303. The molecule has 2 saturated carbocycles. The highest BCUT2D eigenvalue weighted by Crippen LogP contribution is 2.49. The molecule has 1 amide bonds. The van der Waals surface area contributed by atoms with Crippen molar-refractivity contribution in [3.05, 3.63) is 89.8 Å². The van der Waals surface area contributed by atoms with Crippen LogP contribution in [0.25, 0.3) is 17.2 Å². The second kappa shape index (κ2) is 10.9. The summed E-state index contributed by atoms with van der Waals surface area (Å²) in [6, 6.07) is 20.9. The van der Waals surface area contributed by atoms with Crippen molar-refractivity contribution in [1.82, 2.24) is 0 Å². The van der Waals surface area contributed by atoms with Crippen LogP contribution in [0.5, 0.6) is 0 Å². The second-order valence-corrected chi connectivity index (χ2v) is 11.0. The fourth-order valence-corrected chi connectivity index (χ4v) is 6.03. The van der Waals surface area contributed by atoms with Crippen molar-refractivity contribution in [2.45, 2.75) is 39.2 Å². The number of hydrogen-bond donors (Lipinski definition) is 0. The van der Waals surface area contributed by atoms with Crippen LogP contribution in [0, 0.1) is 23.6 Å². The Bertz CT molecular complexity index is 1360. The van der Waals surface area contributed by atoms with E-state index in [0.717, 1.165) is 47.3 Å². The van der Waals surface area contributed by atoms with Gasteiger partial charge in [-0.2, -0.15) is 0 Å². The van der Waals surface area contributed by atoms with Gasteiger partial charge in [-0.1, -0.05) is 48.9 Å². The third kappa shape index (κ3) is 5.57. The maximum atomic E-state index is 15.5. The Kier molecular flexibility index (Phi) is 7.46. The average molecular weight is 511 g/mol. The predicted octanol–water partition coefficient (Wildman–Crippen LogP) is 7.13. The van der Waals surface area contributed by atoms with Crippen LogP contribution in [0.1, 0.15) is 43.7 Å². The van der Waals surface area contributed by atoms with Gasteiger partial charge in [0.1, 0.15) is 5.82 Å². The first-order chi connectivity index (χ1) is 18.3. The molecule has 3 aromatic carbocycles. The van der Waals surface area contributed by atoms with Gasteiger partial charge in [-0.25, -0.2) is 4.39 Å². The van der Waals surface area contributed by atoms with Crippen molar-refractivity contribution in [3.63, 3.8) is 0 Å². The molecule has 1 unspecified atom stereocenters. The van der Waals surface area contributed by atoms with E-state index in [2.05, 4.69) is 0 Å². The molecule has 0 aromatic heterocycles. The normalized spacial score (nSPS) is 20.2. The van der Waals surface area contributed by atoms with Crippen molar-refractivity contribution < 1.29 is 14.0 Å². The molecule has 0 aliphatic heterocycles. The minimum atomic E-state index is -0.322. The molecule has 0 radical (unpaired) electrons. The zero-order valence-corrected chi connectivity index (χ0v) is 22.4. The van der Waals surface area contributed by atoms with Gasteiger partial charge in [0.15, 0.2) is 5.78 Å². The molecule has 38 heavy (non-hydrogen) atoms. The molecule has 3 aromatic rings. The van der Waals surface area contributed by atoms with Gasteiger partial charge in [-0.05, 0) is 91.1 Å². The largest absolute Gasteiger partial charge is 0.378 e. The van der Waals surface area contributed by atoms with Crippen LogP contribution in [0.3, 0.4) is 0 Å². The highest BCUT2D eigenvalue weighted by molar-refractivity contribution is 5.96. The molecule has 2 fully saturated rings. The lowest BCUT2D eigenvalue weighted by Gasteiger charge is -2.30. The fourth-order valence-electron chi connectivity index (χ4n) is 6.03. The number of amides is 1. The van der Waals surface area contributed by atoms with Crippen LogP contribution in [0.2, 0.25) is 0 Å².